The van der Waals surface area contributed by atoms with Crippen molar-refractivity contribution in [2.24, 2.45) is 23.2 Å². The van der Waals surface area contributed by atoms with Crippen LogP contribution < -0.4 is 5.32 Å². The van der Waals surface area contributed by atoms with Crippen LogP contribution in [0.2, 0.25) is 0 Å². The molecule has 3 aliphatic rings. The van der Waals surface area contributed by atoms with E-state index in [-0.39, 0.29) is 29.3 Å². The van der Waals surface area contributed by atoms with Crippen molar-refractivity contribution >= 4 is 5.97 Å². The SMILES string of the molecule is CCCCN(CCCC)CCCNC[C@@H]1C(=O)O[C@@H]2C[C@]3(C)CCC[C@@H](C)C3=C[C@H]12. The molecule has 0 amide bonds. The highest BCUT2D eigenvalue weighted by Gasteiger charge is 2.51. The molecule has 5 atom stereocenters. The van der Waals surface area contributed by atoms with Crippen LogP contribution in [0.4, 0.5) is 0 Å². The molecule has 2 aliphatic carbocycles. The van der Waals surface area contributed by atoms with Crippen LogP contribution in [0, 0.1) is 23.2 Å². The summed E-state index contributed by atoms with van der Waals surface area (Å²) < 4.78 is 5.88. The highest BCUT2D eigenvalue weighted by molar-refractivity contribution is 5.76. The summed E-state index contributed by atoms with van der Waals surface area (Å²) in [6, 6.07) is 0. The van der Waals surface area contributed by atoms with E-state index in [0.29, 0.717) is 5.92 Å². The van der Waals surface area contributed by atoms with E-state index in [1.165, 1.54) is 58.0 Å². The fourth-order valence-corrected chi connectivity index (χ4v) is 6.07. The molecule has 1 saturated heterocycles. The third-order valence-corrected chi connectivity index (χ3v) is 7.93. The second-order valence-electron chi connectivity index (χ2n) is 10.4. The first-order valence-corrected chi connectivity index (χ1v) is 12.8. The normalized spacial score (nSPS) is 33.2. The van der Waals surface area contributed by atoms with E-state index in [1.54, 1.807) is 5.57 Å². The van der Waals surface area contributed by atoms with Gasteiger partial charge in [-0.25, -0.2) is 0 Å². The maximum Gasteiger partial charge on any atom is 0.311 e. The second kappa shape index (κ2) is 11.1. The van der Waals surface area contributed by atoms with Gasteiger partial charge in [-0.1, -0.05) is 58.6 Å². The van der Waals surface area contributed by atoms with Crippen LogP contribution in [0.15, 0.2) is 11.6 Å². The van der Waals surface area contributed by atoms with Crippen molar-refractivity contribution < 1.29 is 9.53 Å². The topological polar surface area (TPSA) is 41.6 Å². The second-order valence-corrected chi connectivity index (χ2v) is 10.4. The fourth-order valence-electron chi connectivity index (χ4n) is 6.07. The van der Waals surface area contributed by atoms with Gasteiger partial charge in [0.05, 0.1) is 5.92 Å². The van der Waals surface area contributed by atoms with Crippen molar-refractivity contribution in [3.63, 3.8) is 0 Å². The summed E-state index contributed by atoms with van der Waals surface area (Å²) in [5.74, 6) is 0.958. The minimum Gasteiger partial charge on any atom is -0.461 e. The van der Waals surface area contributed by atoms with Crippen LogP contribution in [0.3, 0.4) is 0 Å². The van der Waals surface area contributed by atoms with Gasteiger partial charge in [0.2, 0.25) is 0 Å². The first-order chi connectivity index (χ1) is 14.5. The van der Waals surface area contributed by atoms with Crippen LogP contribution in [-0.2, 0) is 9.53 Å². The molecule has 0 spiro atoms. The molecule has 1 aliphatic heterocycles. The Morgan fingerprint density at radius 2 is 1.87 bits per heavy atom. The number of nitrogens with one attached hydrogen (secondary N) is 1. The predicted octanol–water partition coefficient (Wildman–Crippen LogP) is 5.18. The third-order valence-electron chi connectivity index (χ3n) is 7.93. The summed E-state index contributed by atoms with van der Waals surface area (Å²) in [6.07, 6.45) is 13.7. The van der Waals surface area contributed by atoms with Crippen LogP contribution in [-0.4, -0.2) is 49.7 Å². The molecule has 1 saturated carbocycles. The Morgan fingerprint density at radius 1 is 1.17 bits per heavy atom. The van der Waals surface area contributed by atoms with Gasteiger partial charge in [0.15, 0.2) is 0 Å². The Kier molecular flexibility index (Phi) is 8.82. The van der Waals surface area contributed by atoms with Crippen LogP contribution >= 0.6 is 0 Å². The van der Waals surface area contributed by atoms with E-state index in [2.05, 4.69) is 44.0 Å². The highest BCUT2D eigenvalue weighted by Crippen LogP contribution is 2.53. The molecule has 172 valence electrons. The average Bonchev–Trinajstić information content (AvgIpc) is 3.01. The maximum absolute atomic E-state index is 12.6. The molecule has 4 heteroatoms. The van der Waals surface area contributed by atoms with Gasteiger partial charge in [-0.2, -0.15) is 0 Å². The van der Waals surface area contributed by atoms with Gasteiger partial charge in [0.1, 0.15) is 6.10 Å². The van der Waals surface area contributed by atoms with Crippen LogP contribution in [0.5, 0.6) is 0 Å². The van der Waals surface area contributed by atoms with Crippen LogP contribution in [0.25, 0.3) is 0 Å². The van der Waals surface area contributed by atoms with Crippen molar-refractivity contribution in [1.82, 2.24) is 10.2 Å². The zero-order chi connectivity index (χ0) is 21.6. The van der Waals surface area contributed by atoms with Crippen molar-refractivity contribution in [3.05, 3.63) is 11.6 Å². The number of nitrogens with zero attached hydrogens (tertiary/aromatic N) is 1. The highest BCUT2D eigenvalue weighted by atomic mass is 16.6. The molecule has 0 aromatic carbocycles. The number of esters is 1. The molecule has 1 heterocycles. The lowest BCUT2D eigenvalue weighted by molar-refractivity contribution is -0.145. The van der Waals surface area contributed by atoms with Crippen molar-refractivity contribution in [2.75, 3.05) is 32.7 Å². The molecular formula is C26H46N2O2. The molecule has 0 bridgehead atoms. The van der Waals surface area contributed by atoms with Crippen molar-refractivity contribution in [3.8, 4) is 0 Å². The van der Waals surface area contributed by atoms with E-state index >= 15 is 0 Å². The minimum atomic E-state index is -0.00235. The first kappa shape index (κ1) is 23.8. The maximum atomic E-state index is 12.6. The van der Waals surface area contributed by atoms with E-state index in [9.17, 15) is 4.79 Å². The molecule has 3 rings (SSSR count). The molecule has 0 radical (unpaired) electrons. The van der Waals surface area contributed by atoms with Gasteiger partial charge >= 0.3 is 5.97 Å². The number of carbonyl (C=O) groups excluding carboxylic acids is 1. The molecule has 30 heavy (non-hydrogen) atoms. The summed E-state index contributed by atoms with van der Waals surface area (Å²) in [4.78, 5) is 15.3. The van der Waals surface area contributed by atoms with Crippen molar-refractivity contribution in [1.29, 1.82) is 0 Å². The van der Waals surface area contributed by atoms with E-state index in [0.717, 1.165) is 32.5 Å². The van der Waals surface area contributed by atoms with Gasteiger partial charge in [-0.05, 0) is 76.0 Å². The lowest BCUT2D eigenvalue weighted by Gasteiger charge is -2.46. The number of rotatable bonds is 12. The summed E-state index contributed by atoms with van der Waals surface area (Å²) in [5, 5.41) is 3.59. The Labute approximate surface area is 185 Å². The Balaban J connectivity index is 1.48. The lowest BCUT2D eigenvalue weighted by atomic mass is 9.59. The van der Waals surface area contributed by atoms with E-state index < -0.39 is 0 Å². The Morgan fingerprint density at radius 3 is 2.57 bits per heavy atom. The van der Waals surface area contributed by atoms with Gasteiger partial charge in [-0.3, -0.25) is 4.79 Å². The molecule has 0 aromatic heterocycles. The van der Waals surface area contributed by atoms with Gasteiger partial charge in [0.25, 0.3) is 0 Å². The zero-order valence-electron chi connectivity index (χ0n) is 20.0. The number of ether oxygens (including phenoxy) is 1. The number of carbonyl (C=O) groups is 1. The summed E-state index contributed by atoms with van der Waals surface area (Å²) in [7, 11) is 0. The Bertz CT molecular complexity index is 582. The summed E-state index contributed by atoms with van der Waals surface area (Å²) in [5.41, 5.74) is 1.86. The first-order valence-electron chi connectivity index (χ1n) is 12.8. The van der Waals surface area contributed by atoms with Gasteiger partial charge in [0, 0.05) is 12.5 Å². The zero-order valence-corrected chi connectivity index (χ0v) is 20.0. The number of unbranched alkanes of at least 4 members (excludes halogenated alkanes) is 2. The molecule has 1 N–H and O–H groups in total. The Hall–Kier alpha value is -0.870. The molecule has 0 unspecified atom stereocenters. The van der Waals surface area contributed by atoms with E-state index in [4.69, 9.17) is 4.74 Å². The van der Waals surface area contributed by atoms with Crippen LogP contribution in [0.1, 0.15) is 85.5 Å². The van der Waals surface area contributed by atoms with Gasteiger partial charge < -0.3 is 15.0 Å². The molecule has 2 fully saturated rings. The monoisotopic (exact) mass is 418 g/mol. The molecular weight excluding hydrogens is 372 g/mol. The third kappa shape index (κ3) is 5.68. The number of allylic oxidation sites excluding steroid dienone is 1. The molecule has 4 nitrogen and oxygen atoms in total. The lowest BCUT2D eigenvalue weighted by Crippen LogP contribution is -2.40. The van der Waals surface area contributed by atoms with Crippen molar-refractivity contribution in [2.45, 2.75) is 91.6 Å². The minimum absolute atomic E-state index is 0.00235. The fraction of sp³-hybridized carbons (Fsp3) is 0.885. The standard InChI is InChI=1S/C26H46N2O2/c1-5-7-14-28(15-8-6-2)16-10-13-27-19-22-21-17-23-20(3)11-9-12-26(23,4)18-24(21)30-25(22)29/h17,20-22,24,27H,5-16,18-19H2,1-4H3/t20-,21-,22+,24-,26+/m1/s1. The number of hydrogen-bond acceptors (Lipinski definition) is 4. The summed E-state index contributed by atoms with van der Waals surface area (Å²) >= 11 is 0. The van der Waals surface area contributed by atoms with Gasteiger partial charge in [-0.15, -0.1) is 0 Å². The smallest absolute Gasteiger partial charge is 0.311 e. The van der Waals surface area contributed by atoms with E-state index in [1.807, 2.05) is 0 Å². The number of fused-ring (bicyclic) bond motifs is 2. The number of hydrogen-bond donors (Lipinski definition) is 1. The summed E-state index contributed by atoms with van der Waals surface area (Å²) in [6.45, 7) is 14.7. The molecule has 0 aromatic rings. The predicted molar refractivity (Wildman–Crippen MR) is 124 cm³/mol. The quantitative estimate of drug-likeness (QED) is 0.269. The largest absolute Gasteiger partial charge is 0.461 e. The average molecular weight is 419 g/mol.